The fourth-order valence-corrected chi connectivity index (χ4v) is 0.695. The van der Waals surface area contributed by atoms with E-state index in [1.165, 1.54) is 6.42 Å². The molecule has 2 atom stereocenters. The van der Waals surface area contributed by atoms with Crippen LogP contribution in [0.3, 0.4) is 0 Å². The first-order chi connectivity index (χ1) is 5.45. The van der Waals surface area contributed by atoms with Gasteiger partial charge in [-0.3, -0.25) is 4.79 Å². The molecule has 74 valence electrons. The maximum atomic E-state index is 10.1. The Morgan fingerprint density at radius 2 is 1.92 bits per heavy atom. The molecular formula is C8H19NO2S. The highest BCUT2D eigenvalue weighted by Crippen LogP contribution is 2.01. The Morgan fingerprint density at radius 3 is 2.00 bits per heavy atom. The van der Waals surface area contributed by atoms with E-state index in [-0.39, 0.29) is 5.25 Å². The molecule has 0 bridgehead atoms. The molecule has 0 aliphatic rings. The lowest BCUT2D eigenvalue weighted by atomic mass is 10.2. The summed E-state index contributed by atoms with van der Waals surface area (Å²) in [5, 5.41) is 8.32. The van der Waals surface area contributed by atoms with E-state index in [2.05, 4.69) is 26.5 Å². The van der Waals surface area contributed by atoms with Crippen LogP contribution in [0.5, 0.6) is 0 Å². The van der Waals surface area contributed by atoms with Crippen molar-refractivity contribution < 1.29 is 9.90 Å². The largest absolute Gasteiger partial charge is 0.480 e. The monoisotopic (exact) mass is 193 g/mol. The topological polar surface area (TPSA) is 63.3 Å². The van der Waals surface area contributed by atoms with Crippen LogP contribution in [0.15, 0.2) is 0 Å². The Morgan fingerprint density at radius 1 is 1.58 bits per heavy atom. The molecule has 0 aromatic carbocycles. The van der Waals surface area contributed by atoms with E-state index in [1.807, 2.05) is 6.92 Å². The van der Waals surface area contributed by atoms with Crippen LogP contribution in [0, 0.1) is 0 Å². The standard InChI is InChI=1S/C5H11NO2S.C3H8/c1-3(9)2-4(6)5(7)8;1-3-2/h3-4,9H,2,6H2,1H3,(H,7,8);3H2,1-2H3. The molecule has 0 heterocycles. The van der Waals surface area contributed by atoms with Gasteiger partial charge in [0.15, 0.2) is 0 Å². The lowest BCUT2D eigenvalue weighted by molar-refractivity contribution is -0.138. The van der Waals surface area contributed by atoms with Crippen molar-refractivity contribution in [3.63, 3.8) is 0 Å². The highest BCUT2D eigenvalue weighted by Gasteiger charge is 2.12. The summed E-state index contributed by atoms with van der Waals surface area (Å²) in [5.41, 5.74) is 5.17. The third-order valence-electron chi connectivity index (χ3n) is 0.912. The molecule has 2 unspecified atom stereocenters. The van der Waals surface area contributed by atoms with E-state index in [1.54, 1.807) is 0 Å². The smallest absolute Gasteiger partial charge is 0.320 e. The minimum atomic E-state index is -0.962. The van der Waals surface area contributed by atoms with Crippen LogP contribution < -0.4 is 5.73 Å². The summed E-state index contributed by atoms with van der Waals surface area (Å²) < 4.78 is 0. The highest BCUT2D eigenvalue weighted by atomic mass is 32.1. The summed E-state index contributed by atoms with van der Waals surface area (Å²) in [5.74, 6) is -0.962. The summed E-state index contributed by atoms with van der Waals surface area (Å²) >= 11 is 3.99. The van der Waals surface area contributed by atoms with Gasteiger partial charge in [-0.25, -0.2) is 0 Å². The third kappa shape index (κ3) is 12.5. The van der Waals surface area contributed by atoms with E-state index in [0.717, 1.165) is 0 Å². The van der Waals surface area contributed by atoms with Gasteiger partial charge in [0.1, 0.15) is 6.04 Å². The molecule has 0 aliphatic heterocycles. The van der Waals surface area contributed by atoms with Gasteiger partial charge in [-0.1, -0.05) is 27.2 Å². The van der Waals surface area contributed by atoms with Gasteiger partial charge in [0.25, 0.3) is 0 Å². The van der Waals surface area contributed by atoms with Gasteiger partial charge in [-0.15, -0.1) is 0 Å². The number of aliphatic carboxylic acids is 1. The number of thiol groups is 1. The van der Waals surface area contributed by atoms with Gasteiger partial charge in [0, 0.05) is 5.25 Å². The third-order valence-corrected chi connectivity index (χ3v) is 1.12. The quantitative estimate of drug-likeness (QED) is 0.595. The van der Waals surface area contributed by atoms with Crippen molar-refractivity contribution in [1.29, 1.82) is 0 Å². The molecule has 0 rings (SSSR count). The maximum absolute atomic E-state index is 10.1. The Hall–Kier alpha value is -0.220. The zero-order valence-electron chi connectivity index (χ0n) is 7.95. The summed E-state index contributed by atoms with van der Waals surface area (Å²) in [7, 11) is 0. The molecule has 0 aromatic heterocycles. The normalized spacial score (nSPS) is 14.1. The SMILES string of the molecule is CC(S)CC(N)C(=O)O.CCC. The molecule has 12 heavy (non-hydrogen) atoms. The fraction of sp³-hybridized carbons (Fsp3) is 0.875. The van der Waals surface area contributed by atoms with Gasteiger partial charge in [-0.05, 0) is 6.42 Å². The Labute approximate surface area is 79.8 Å². The molecule has 3 nitrogen and oxygen atoms in total. The number of carboxylic acid groups (broad SMARTS) is 1. The minimum Gasteiger partial charge on any atom is -0.480 e. The lowest BCUT2D eigenvalue weighted by Gasteiger charge is -2.06. The Kier molecular flexibility index (Phi) is 10.6. The van der Waals surface area contributed by atoms with E-state index in [9.17, 15) is 4.79 Å². The maximum Gasteiger partial charge on any atom is 0.320 e. The molecule has 0 radical (unpaired) electrons. The molecule has 0 aromatic rings. The van der Waals surface area contributed by atoms with Gasteiger partial charge in [-0.2, -0.15) is 12.6 Å². The van der Waals surface area contributed by atoms with Gasteiger partial charge >= 0.3 is 5.97 Å². The number of carbonyl (C=O) groups is 1. The first kappa shape index (κ1) is 14.3. The van der Waals surface area contributed by atoms with Crippen LogP contribution >= 0.6 is 12.6 Å². The molecular weight excluding hydrogens is 174 g/mol. The van der Waals surface area contributed by atoms with Crippen molar-refractivity contribution >= 4 is 18.6 Å². The van der Waals surface area contributed by atoms with Crippen LogP contribution in [-0.2, 0) is 4.79 Å². The molecule has 0 saturated carbocycles. The second kappa shape index (κ2) is 8.87. The number of carboxylic acids is 1. The van der Waals surface area contributed by atoms with Crippen LogP contribution in [0.1, 0.15) is 33.6 Å². The molecule has 0 saturated heterocycles. The molecule has 0 amide bonds. The first-order valence-corrected chi connectivity index (χ1v) is 4.63. The van der Waals surface area contributed by atoms with E-state index < -0.39 is 12.0 Å². The van der Waals surface area contributed by atoms with E-state index in [0.29, 0.717) is 6.42 Å². The predicted molar refractivity (Wildman–Crippen MR) is 54.6 cm³/mol. The average Bonchev–Trinajstić information content (AvgIpc) is 1.87. The average molecular weight is 193 g/mol. The van der Waals surface area contributed by atoms with Crippen molar-refractivity contribution in [3.8, 4) is 0 Å². The Balaban J connectivity index is 0. The summed E-state index contributed by atoms with van der Waals surface area (Å²) in [4.78, 5) is 10.1. The zero-order chi connectivity index (χ0) is 10.1. The number of hydrogen-bond donors (Lipinski definition) is 3. The fourth-order valence-electron chi connectivity index (χ4n) is 0.468. The molecule has 0 aliphatic carbocycles. The lowest BCUT2D eigenvalue weighted by Crippen LogP contribution is -2.31. The summed E-state index contributed by atoms with van der Waals surface area (Å²) in [6, 6.07) is -0.766. The van der Waals surface area contributed by atoms with Crippen molar-refractivity contribution in [3.05, 3.63) is 0 Å². The second-order valence-electron chi connectivity index (χ2n) is 2.74. The first-order valence-electron chi connectivity index (χ1n) is 4.12. The molecule has 0 fully saturated rings. The van der Waals surface area contributed by atoms with Crippen molar-refractivity contribution in [2.75, 3.05) is 0 Å². The van der Waals surface area contributed by atoms with Crippen LogP contribution in [0.25, 0.3) is 0 Å². The summed E-state index contributed by atoms with van der Waals surface area (Å²) in [6.45, 7) is 6.06. The number of hydrogen-bond acceptors (Lipinski definition) is 3. The van der Waals surface area contributed by atoms with E-state index in [4.69, 9.17) is 10.8 Å². The van der Waals surface area contributed by atoms with Crippen LogP contribution in [0.4, 0.5) is 0 Å². The molecule has 3 N–H and O–H groups in total. The van der Waals surface area contributed by atoms with Gasteiger partial charge in [0.2, 0.25) is 0 Å². The highest BCUT2D eigenvalue weighted by molar-refractivity contribution is 7.80. The van der Waals surface area contributed by atoms with Crippen LogP contribution in [0.2, 0.25) is 0 Å². The number of rotatable bonds is 3. The Bertz CT molecular complexity index is 118. The van der Waals surface area contributed by atoms with Gasteiger partial charge < -0.3 is 10.8 Å². The van der Waals surface area contributed by atoms with Crippen molar-refractivity contribution in [1.82, 2.24) is 0 Å². The second-order valence-corrected chi connectivity index (χ2v) is 3.62. The van der Waals surface area contributed by atoms with Crippen LogP contribution in [-0.4, -0.2) is 22.4 Å². The number of nitrogens with two attached hydrogens (primary N) is 1. The molecule has 4 heteroatoms. The van der Waals surface area contributed by atoms with Crippen molar-refractivity contribution in [2.24, 2.45) is 5.73 Å². The zero-order valence-corrected chi connectivity index (χ0v) is 8.84. The van der Waals surface area contributed by atoms with E-state index >= 15 is 0 Å². The molecule has 0 spiro atoms. The summed E-state index contributed by atoms with van der Waals surface area (Å²) in [6.07, 6.45) is 1.67. The predicted octanol–water partition coefficient (Wildman–Crippen LogP) is 1.52. The minimum absolute atomic E-state index is 0.0519. The van der Waals surface area contributed by atoms with Gasteiger partial charge in [0.05, 0.1) is 0 Å². The van der Waals surface area contributed by atoms with Crippen molar-refractivity contribution in [2.45, 2.75) is 44.9 Å².